The Hall–Kier alpha value is -3.98. The summed E-state index contributed by atoms with van der Waals surface area (Å²) in [6.45, 7) is 5.89. The number of amides is 3. The smallest absolute Gasteiger partial charge is 0.407 e. The largest absolute Gasteiger partial charge is 0.492 e. The Kier molecular flexibility index (Phi) is 9.79. The number of hydrogen-bond donors (Lipinski definition) is 3. The molecule has 0 fully saturated rings. The number of carbonyl (C=O) groups excluding carboxylic acids is 2. The van der Waals surface area contributed by atoms with Gasteiger partial charge in [-0.25, -0.2) is 9.59 Å². The molecule has 1 aromatic rings. The highest BCUT2D eigenvalue weighted by Gasteiger charge is 2.19. The van der Waals surface area contributed by atoms with Gasteiger partial charge in [0, 0.05) is 11.8 Å². The van der Waals surface area contributed by atoms with Crippen molar-refractivity contribution in [2.75, 3.05) is 11.9 Å². The van der Waals surface area contributed by atoms with Gasteiger partial charge in [0.2, 0.25) is 0 Å². The average molecular weight is 452 g/mol. The number of urea groups is 1. The Morgan fingerprint density at radius 2 is 2.06 bits per heavy atom. The second-order valence-corrected chi connectivity index (χ2v) is 7.43. The van der Waals surface area contributed by atoms with Crippen LogP contribution in [0, 0.1) is 22.7 Å². The summed E-state index contributed by atoms with van der Waals surface area (Å²) >= 11 is 0. The van der Waals surface area contributed by atoms with Gasteiger partial charge in [0.15, 0.2) is 0 Å². The minimum absolute atomic E-state index is 0.146. The zero-order valence-electron chi connectivity index (χ0n) is 19.1. The van der Waals surface area contributed by atoms with Gasteiger partial charge in [-0.05, 0) is 44.4 Å². The normalized spacial score (nSPS) is 16.3. The Morgan fingerprint density at radius 1 is 1.27 bits per heavy atom. The number of benzene rings is 1. The van der Waals surface area contributed by atoms with Gasteiger partial charge in [-0.3, -0.25) is 0 Å². The number of nitrogens with zero attached hydrogens (tertiary/aromatic N) is 2. The molecule has 0 heterocycles. The molecule has 1 aromatic carbocycles. The topological polar surface area (TPSA) is 136 Å². The predicted octanol–water partition coefficient (Wildman–Crippen LogP) is 4.14. The summed E-state index contributed by atoms with van der Waals surface area (Å²) in [7, 11) is 0. The van der Waals surface area contributed by atoms with Crippen LogP contribution in [0.25, 0.3) is 0 Å². The number of hydrogen-bond acceptors (Lipinski definition) is 6. The Labute approximate surface area is 194 Å². The number of carbonyl (C=O) groups is 2. The van der Waals surface area contributed by atoms with Crippen LogP contribution in [0.3, 0.4) is 0 Å². The molecule has 0 aliphatic heterocycles. The van der Waals surface area contributed by atoms with E-state index in [0.717, 1.165) is 5.57 Å². The lowest BCUT2D eigenvalue weighted by Crippen LogP contribution is -2.40. The first-order valence-corrected chi connectivity index (χ1v) is 10.9. The van der Waals surface area contributed by atoms with Crippen LogP contribution >= 0.6 is 0 Å². The van der Waals surface area contributed by atoms with Crippen molar-refractivity contribution in [1.29, 1.82) is 10.5 Å². The zero-order chi connectivity index (χ0) is 24.2. The molecule has 0 spiro atoms. The minimum atomic E-state index is -0.586. The molecule has 0 radical (unpaired) electrons. The Morgan fingerprint density at radius 3 is 2.73 bits per heavy atom. The van der Waals surface area contributed by atoms with Crippen LogP contribution in [0.15, 0.2) is 42.0 Å². The van der Waals surface area contributed by atoms with Crippen molar-refractivity contribution in [3.05, 3.63) is 47.6 Å². The molecule has 0 saturated carbocycles. The fourth-order valence-corrected chi connectivity index (χ4v) is 3.22. The molecule has 3 N–H and O–H groups in total. The van der Waals surface area contributed by atoms with Crippen LogP contribution in [0.1, 0.15) is 45.6 Å². The molecule has 0 saturated heterocycles. The van der Waals surface area contributed by atoms with Crippen LogP contribution in [-0.4, -0.2) is 36.9 Å². The molecule has 0 bridgehead atoms. The first-order chi connectivity index (χ1) is 15.9. The van der Waals surface area contributed by atoms with Crippen molar-refractivity contribution in [1.82, 2.24) is 10.6 Å². The lowest BCUT2D eigenvalue weighted by Gasteiger charge is -2.23. The van der Waals surface area contributed by atoms with Crippen LogP contribution in [0.2, 0.25) is 0 Å². The van der Waals surface area contributed by atoms with Gasteiger partial charge in [-0.1, -0.05) is 25.2 Å². The molecule has 174 valence electrons. The first kappa shape index (κ1) is 25.3. The van der Waals surface area contributed by atoms with Crippen molar-refractivity contribution in [2.24, 2.45) is 0 Å². The molecule has 33 heavy (non-hydrogen) atoms. The highest BCUT2D eigenvalue weighted by molar-refractivity contribution is 5.90. The lowest BCUT2D eigenvalue weighted by atomic mass is 9.98. The third-order valence-electron chi connectivity index (χ3n) is 4.95. The van der Waals surface area contributed by atoms with Gasteiger partial charge in [-0.2, -0.15) is 10.5 Å². The van der Waals surface area contributed by atoms with E-state index >= 15 is 0 Å². The van der Waals surface area contributed by atoms with Crippen molar-refractivity contribution < 1.29 is 19.1 Å². The predicted molar refractivity (Wildman–Crippen MR) is 123 cm³/mol. The molecule has 2 rings (SSSR count). The third-order valence-corrected chi connectivity index (χ3v) is 4.95. The van der Waals surface area contributed by atoms with Gasteiger partial charge in [-0.15, -0.1) is 0 Å². The standard InChI is InChI=1S/C24H29N5O4/c1-4-21(11-12-25)33-24(31)27-16(3)17-7-6-8-19(13-17)28-23(30)29-20-10-9-18(15-26)22(14-20)32-5-2/h6-7,9-10,13-14,16,19,21H,4-5,8,11H2,1-3H3,(H,27,31)(H2,28,29,30)/t16-,19?,21?/m0/s1. The van der Waals surface area contributed by atoms with Gasteiger partial charge < -0.3 is 25.4 Å². The Bertz CT molecular complexity index is 990. The van der Waals surface area contributed by atoms with E-state index < -0.39 is 18.2 Å². The van der Waals surface area contributed by atoms with Gasteiger partial charge >= 0.3 is 12.1 Å². The maximum absolute atomic E-state index is 12.5. The highest BCUT2D eigenvalue weighted by Crippen LogP contribution is 2.23. The average Bonchev–Trinajstić information content (AvgIpc) is 2.79. The maximum Gasteiger partial charge on any atom is 0.407 e. The quantitative estimate of drug-likeness (QED) is 0.516. The van der Waals surface area contributed by atoms with Crippen molar-refractivity contribution in [2.45, 2.75) is 58.2 Å². The molecule has 9 heteroatoms. The van der Waals surface area contributed by atoms with Gasteiger partial charge in [0.05, 0.1) is 36.7 Å². The summed E-state index contributed by atoms with van der Waals surface area (Å²) in [5.74, 6) is 0.410. The molecule has 9 nitrogen and oxygen atoms in total. The summed E-state index contributed by atoms with van der Waals surface area (Å²) in [5.41, 5.74) is 1.73. The number of rotatable bonds is 9. The van der Waals surface area contributed by atoms with Gasteiger partial charge in [0.25, 0.3) is 0 Å². The molecular formula is C24H29N5O4. The second-order valence-electron chi connectivity index (χ2n) is 7.43. The van der Waals surface area contributed by atoms with Gasteiger partial charge in [0.1, 0.15) is 17.9 Å². The number of anilines is 1. The molecule has 3 atom stereocenters. The lowest BCUT2D eigenvalue weighted by molar-refractivity contribution is 0.0960. The van der Waals surface area contributed by atoms with Crippen molar-refractivity contribution >= 4 is 17.8 Å². The fraction of sp³-hybridized carbons (Fsp3) is 0.417. The first-order valence-electron chi connectivity index (χ1n) is 10.9. The number of ether oxygens (including phenoxy) is 2. The second kappa shape index (κ2) is 12.8. The van der Waals surface area contributed by atoms with Crippen LogP contribution in [0.4, 0.5) is 15.3 Å². The molecule has 3 amide bonds. The molecule has 2 unspecified atom stereocenters. The van der Waals surface area contributed by atoms with Crippen LogP contribution in [-0.2, 0) is 4.74 Å². The molecular weight excluding hydrogens is 422 g/mol. The van der Waals surface area contributed by atoms with E-state index in [1.807, 2.05) is 45.1 Å². The summed E-state index contributed by atoms with van der Waals surface area (Å²) in [6.07, 6.45) is 5.97. The Balaban J connectivity index is 1.94. The maximum atomic E-state index is 12.5. The number of nitriles is 2. The fourth-order valence-electron chi connectivity index (χ4n) is 3.22. The van der Waals surface area contributed by atoms with E-state index in [1.54, 1.807) is 18.2 Å². The van der Waals surface area contributed by atoms with Crippen molar-refractivity contribution in [3.8, 4) is 17.9 Å². The SMILES string of the molecule is CCOc1cc(NC(=O)NC2C=C([C@H](C)NC(=O)OC(CC)CC#N)C=CC2)ccc1C#N. The van der Waals surface area contributed by atoms with E-state index in [9.17, 15) is 9.59 Å². The summed E-state index contributed by atoms with van der Waals surface area (Å²) < 4.78 is 10.7. The molecule has 0 aromatic heterocycles. The number of alkyl carbamates (subject to hydrolysis) is 1. The summed E-state index contributed by atoms with van der Waals surface area (Å²) in [5, 5.41) is 26.3. The van der Waals surface area contributed by atoms with E-state index in [1.165, 1.54) is 0 Å². The number of nitrogens with one attached hydrogen (secondary N) is 3. The van der Waals surface area contributed by atoms with E-state index in [0.29, 0.717) is 36.4 Å². The van der Waals surface area contributed by atoms with Crippen LogP contribution < -0.4 is 20.7 Å². The summed E-state index contributed by atoms with van der Waals surface area (Å²) in [6, 6.07) is 7.88. The monoisotopic (exact) mass is 451 g/mol. The van der Waals surface area contributed by atoms with Crippen molar-refractivity contribution in [3.63, 3.8) is 0 Å². The van der Waals surface area contributed by atoms with E-state index in [2.05, 4.69) is 22.0 Å². The minimum Gasteiger partial charge on any atom is -0.492 e. The zero-order valence-corrected chi connectivity index (χ0v) is 19.1. The van der Waals surface area contributed by atoms with E-state index in [4.69, 9.17) is 20.0 Å². The highest BCUT2D eigenvalue weighted by atomic mass is 16.6. The van der Waals surface area contributed by atoms with Crippen LogP contribution in [0.5, 0.6) is 5.75 Å². The molecule has 1 aliphatic rings. The summed E-state index contributed by atoms with van der Waals surface area (Å²) in [4.78, 5) is 24.6. The third kappa shape index (κ3) is 7.89. The van der Waals surface area contributed by atoms with E-state index in [-0.39, 0.29) is 18.5 Å². The molecule has 1 aliphatic carbocycles.